The third-order valence-corrected chi connectivity index (χ3v) is 2.31. The first-order valence-corrected chi connectivity index (χ1v) is 4.89. The molecule has 0 unspecified atom stereocenters. The van der Waals surface area contributed by atoms with Crippen LogP contribution in [0.15, 0.2) is 10.7 Å². The van der Waals surface area contributed by atoms with Gasteiger partial charge in [0.2, 0.25) is 0 Å². The smallest absolute Gasteiger partial charge is 0.144 e. The van der Waals surface area contributed by atoms with Gasteiger partial charge in [-0.3, -0.25) is 0 Å². The number of hydrogen-bond donors (Lipinski definition) is 2. The number of nitrogens with one attached hydrogen (secondary N) is 1. The van der Waals surface area contributed by atoms with Gasteiger partial charge in [0.1, 0.15) is 11.6 Å². The minimum absolute atomic E-state index is 0.614. The minimum atomic E-state index is 0.614. The Morgan fingerprint density at radius 2 is 2.27 bits per heavy atom. The summed E-state index contributed by atoms with van der Waals surface area (Å²) in [5.41, 5.74) is 8.30. The van der Waals surface area contributed by atoms with Crippen molar-refractivity contribution in [2.45, 2.75) is 20.3 Å². The summed E-state index contributed by atoms with van der Waals surface area (Å²) in [7, 11) is 0. The SMILES string of the molecule is Cc1noc(C)c1-c1ncc(CCN)[nH]1. The van der Waals surface area contributed by atoms with Gasteiger partial charge in [0.15, 0.2) is 0 Å². The highest BCUT2D eigenvalue weighted by Crippen LogP contribution is 2.23. The third kappa shape index (κ3) is 1.78. The van der Waals surface area contributed by atoms with Crippen LogP contribution >= 0.6 is 0 Å². The molecule has 0 radical (unpaired) electrons. The van der Waals surface area contributed by atoms with E-state index in [9.17, 15) is 0 Å². The van der Waals surface area contributed by atoms with E-state index in [4.69, 9.17) is 10.3 Å². The molecule has 0 bridgehead atoms. The molecule has 80 valence electrons. The zero-order valence-electron chi connectivity index (χ0n) is 8.87. The van der Waals surface area contributed by atoms with Crippen LogP contribution in [-0.4, -0.2) is 21.7 Å². The number of H-pyrrole nitrogens is 1. The molecule has 2 rings (SSSR count). The number of imidazole rings is 1. The predicted octanol–water partition coefficient (Wildman–Crippen LogP) is 1.18. The molecule has 5 nitrogen and oxygen atoms in total. The van der Waals surface area contributed by atoms with E-state index in [-0.39, 0.29) is 0 Å². The van der Waals surface area contributed by atoms with E-state index in [1.807, 2.05) is 13.8 Å². The fourth-order valence-electron chi connectivity index (χ4n) is 1.59. The summed E-state index contributed by atoms with van der Waals surface area (Å²) >= 11 is 0. The molecular weight excluding hydrogens is 192 g/mol. The molecule has 0 spiro atoms. The van der Waals surface area contributed by atoms with Crippen LogP contribution in [0.5, 0.6) is 0 Å². The number of hydrogen-bond acceptors (Lipinski definition) is 4. The maximum atomic E-state index is 5.47. The molecular formula is C10H14N4O. The maximum Gasteiger partial charge on any atom is 0.144 e. The summed E-state index contributed by atoms with van der Waals surface area (Å²) in [6, 6.07) is 0. The number of aryl methyl sites for hydroxylation is 2. The van der Waals surface area contributed by atoms with Crippen LogP contribution in [0.2, 0.25) is 0 Å². The van der Waals surface area contributed by atoms with Crippen molar-refractivity contribution in [3.05, 3.63) is 23.3 Å². The van der Waals surface area contributed by atoms with Gasteiger partial charge in [-0.15, -0.1) is 0 Å². The molecule has 2 aromatic rings. The quantitative estimate of drug-likeness (QED) is 0.790. The Balaban J connectivity index is 2.37. The molecule has 2 aromatic heterocycles. The molecule has 0 aromatic carbocycles. The Kier molecular flexibility index (Phi) is 2.55. The minimum Gasteiger partial charge on any atom is -0.361 e. The standard InChI is InChI=1S/C10H14N4O/c1-6-9(7(2)15-14-6)10-12-5-8(13-10)3-4-11/h5H,3-4,11H2,1-2H3,(H,12,13). The van der Waals surface area contributed by atoms with Gasteiger partial charge in [0.05, 0.1) is 11.3 Å². The van der Waals surface area contributed by atoms with Gasteiger partial charge >= 0.3 is 0 Å². The molecule has 0 fully saturated rings. The molecule has 0 aliphatic carbocycles. The van der Waals surface area contributed by atoms with Crippen molar-refractivity contribution in [2.75, 3.05) is 6.54 Å². The summed E-state index contributed by atoms with van der Waals surface area (Å²) in [5.74, 6) is 1.58. The van der Waals surface area contributed by atoms with Gasteiger partial charge in [-0.25, -0.2) is 4.98 Å². The normalized spacial score (nSPS) is 10.9. The van der Waals surface area contributed by atoms with Crippen LogP contribution in [0, 0.1) is 13.8 Å². The fraction of sp³-hybridized carbons (Fsp3) is 0.400. The molecule has 0 saturated carbocycles. The van der Waals surface area contributed by atoms with E-state index in [0.29, 0.717) is 6.54 Å². The molecule has 15 heavy (non-hydrogen) atoms. The zero-order chi connectivity index (χ0) is 10.8. The van der Waals surface area contributed by atoms with Crippen molar-refractivity contribution in [3.8, 4) is 11.4 Å². The van der Waals surface area contributed by atoms with Gasteiger partial charge in [0.25, 0.3) is 0 Å². The van der Waals surface area contributed by atoms with E-state index in [1.54, 1.807) is 6.20 Å². The Hall–Kier alpha value is -1.62. The largest absolute Gasteiger partial charge is 0.361 e. The summed E-state index contributed by atoms with van der Waals surface area (Å²) < 4.78 is 5.08. The molecule has 0 atom stereocenters. The second-order valence-corrected chi connectivity index (χ2v) is 3.49. The zero-order valence-corrected chi connectivity index (χ0v) is 8.87. The number of nitrogens with zero attached hydrogens (tertiary/aromatic N) is 2. The second kappa shape index (κ2) is 3.86. The molecule has 0 aliphatic heterocycles. The van der Waals surface area contributed by atoms with Crippen LogP contribution in [0.1, 0.15) is 17.1 Å². The highest BCUT2D eigenvalue weighted by molar-refractivity contribution is 5.60. The molecule has 0 aliphatic rings. The molecule has 2 heterocycles. The van der Waals surface area contributed by atoms with Crippen molar-refractivity contribution >= 4 is 0 Å². The summed E-state index contributed by atoms with van der Waals surface area (Å²) in [5, 5.41) is 3.89. The number of aromatic nitrogens is 3. The molecule has 5 heteroatoms. The Morgan fingerprint density at radius 1 is 1.47 bits per heavy atom. The topological polar surface area (TPSA) is 80.7 Å². The Bertz CT molecular complexity index is 438. The molecule has 0 amide bonds. The summed E-state index contributed by atoms with van der Waals surface area (Å²) in [6.45, 7) is 4.39. The lowest BCUT2D eigenvalue weighted by atomic mass is 10.2. The van der Waals surface area contributed by atoms with E-state index in [1.165, 1.54) is 0 Å². The third-order valence-electron chi connectivity index (χ3n) is 2.31. The lowest BCUT2D eigenvalue weighted by molar-refractivity contribution is 0.393. The van der Waals surface area contributed by atoms with Gasteiger partial charge in [-0.05, 0) is 20.4 Å². The van der Waals surface area contributed by atoms with Crippen LogP contribution in [0.25, 0.3) is 11.4 Å². The predicted molar refractivity (Wildman–Crippen MR) is 56.3 cm³/mol. The van der Waals surface area contributed by atoms with Crippen molar-refractivity contribution in [1.82, 2.24) is 15.1 Å². The first-order chi connectivity index (χ1) is 7.22. The second-order valence-electron chi connectivity index (χ2n) is 3.49. The summed E-state index contributed by atoms with van der Waals surface area (Å²) in [4.78, 5) is 7.49. The van der Waals surface area contributed by atoms with Crippen LogP contribution < -0.4 is 5.73 Å². The fourth-order valence-corrected chi connectivity index (χ4v) is 1.59. The number of rotatable bonds is 3. The van der Waals surface area contributed by atoms with Gasteiger partial charge in [0, 0.05) is 18.3 Å². The highest BCUT2D eigenvalue weighted by Gasteiger charge is 2.14. The van der Waals surface area contributed by atoms with Crippen LogP contribution in [-0.2, 0) is 6.42 Å². The first kappa shape index (κ1) is 9.92. The number of aromatic amines is 1. The van der Waals surface area contributed by atoms with Crippen LogP contribution in [0.4, 0.5) is 0 Å². The molecule has 3 N–H and O–H groups in total. The first-order valence-electron chi connectivity index (χ1n) is 4.89. The van der Waals surface area contributed by atoms with Gasteiger partial charge in [-0.2, -0.15) is 0 Å². The van der Waals surface area contributed by atoms with E-state index < -0.39 is 0 Å². The van der Waals surface area contributed by atoms with E-state index >= 15 is 0 Å². The lowest BCUT2D eigenvalue weighted by Gasteiger charge is -1.94. The summed E-state index contributed by atoms with van der Waals surface area (Å²) in [6.07, 6.45) is 2.60. The monoisotopic (exact) mass is 206 g/mol. The molecule has 0 saturated heterocycles. The van der Waals surface area contributed by atoms with E-state index in [0.717, 1.165) is 35.0 Å². The van der Waals surface area contributed by atoms with Crippen molar-refractivity contribution in [1.29, 1.82) is 0 Å². The Morgan fingerprint density at radius 3 is 2.87 bits per heavy atom. The van der Waals surface area contributed by atoms with Gasteiger partial charge in [-0.1, -0.05) is 5.16 Å². The van der Waals surface area contributed by atoms with Crippen molar-refractivity contribution in [3.63, 3.8) is 0 Å². The van der Waals surface area contributed by atoms with E-state index in [2.05, 4.69) is 15.1 Å². The Labute approximate surface area is 87.7 Å². The average molecular weight is 206 g/mol. The van der Waals surface area contributed by atoms with Crippen LogP contribution in [0.3, 0.4) is 0 Å². The average Bonchev–Trinajstić information content (AvgIpc) is 2.75. The lowest BCUT2D eigenvalue weighted by Crippen LogP contribution is -2.02. The highest BCUT2D eigenvalue weighted by atomic mass is 16.5. The maximum absolute atomic E-state index is 5.47. The van der Waals surface area contributed by atoms with Gasteiger partial charge < -0.3 is 15.2 Å². The van der Waals surface area contributed by atoms with Crippen molar-refractivity contribution in [2.24, 2.45) is 5.73 Å². The van der Waals surface area contributed by atoms with Crippen molar-refractivity contribution < 1.29 is 4.52 Å². The number of nitrogens with two attached hydrogens (primary N) is 1.